The highest BCUT2D eigenvalue weighted by atomic mass is 16.5. The van der Waals surface area contributed by atoms with Crippen molar-refractivity contribution in [1.82, 2.24) is 0 Å². The number of hydrogen-bond acceptors (Lipinski definition) is 4. The second kappa shape index (κ2) is 8.84. The van der Waals surface area contributed by atoms with E-state index >= 15 is 0 Å². The highest BCUT2D eigenvalue weighted by molar-refractivity contribution is 5.32. The van der Waals surface area contributed by atoms with E-state index in [4.69, 9.17) is 19.9 Å². The van der Waals surface area contributed by atoms with Crippen LogP contribution in [0.2, 0.25) is 0 Å². The van der Waals surface area contributed by atoms with Crippen LogP contribution in [0.4, 0.5) is 0 Å². The van der Waals surface area contributed by atoms with Crippen LogP contribution in [0.1, 0.15) is 12.8 Å². The van der Waals surface area contributed by atoms with Gasteiger partial charge in [0.2, 0.25) is 0 Å². The molecule has 0 heterocycles. The van der Waals surface area contributed by atoms with Gasteiger partial charge < -0.3 is 19.9 Å². The van der Waals surface area contributed by atoms with Crippen LogP contribution in [0.3, 0.4) is 0 Å². The Morgan fingerprint density at radius 2 is 1.65 bits per heavy atom. The lowest BCUT2D eigenvalue weighted by Gasteiger charge is -2.08. The largest absolute Gasteiger partial charge is 0.493 e. The van der Waals surface area contributed by atoms with Crippen LogP contribution in [-0.4, -0.2) is 33.5 Å². The van der Waals surface area contributed by atoms with Gasteiger partial charge in [0.1, 0.15) is 18.1 Å². The van der Waals surface area contributed by atoms with Crippen LogP contribution >= 0.6 is 0 Å². The predicted molar refractivity (Wildman–Crippen MR) is 67.6 cm³/mol. The number of methoxy groups -OCH3 is 1. The molecule has 2 N–H and O–H groups in total. The average molecular weight is 239 g/mol. The third kappa shape index (κ3) is 6.14. The topological polar surface area (TPSA) is 53.7 Å². The number of ether oxygens (including phenoxy) is 3. The molecular formula is C13H21NO3. The summed E-state index contributed by atoms with van der Waals surface area (Å²) >= 11 is 0. The van der Waals surface area contributed by atoms with E-state index in [9.17, 15) is 0 Å². The van der Waals surface area contributed by atoms with Crippen LogP contribution in [0.25, 0.3) is 0 Å². The lowest BCUT2D eigenvalue weighted by Crippen LogP contribution is -2.10. The molecule has 96 valence electrons. The Balaban J connectivity index is 2.27. The number of benzene rings is 1. The third-order valence-electron chi connectivity index (χ3n) is 2.20. The molecule has 0 saturated carbocycles. The molecule has 1 aromatic carbocycles. The first-order valence-corrected chi connectivity index (χ1v) is 5.91. The zero-order chi connectivity index (χ0) is 12.3. The molecule has 0 unspecified atom stereocenters. The molecule has 0 aliphatic carbocycles. The van der Waals surface area contributed by atoms with E-state index in [1.165, 1.54) is 0 Å². The fraction of sp³-hybridized carbons (Fsp3) is 0.538. The smallest absolute Gasteiger partial charge is 0.123 e. The zero-order valence-electron chi connectivity index (χ0n) is 10.4. The molecule has 0 radical (unpaired) electrons. The summed E-state index contributed by atoms with van der Waals surface area (Å²) < 4.78 is 16.0. The van der Waals surface area contributed by atoms with Crippen LogP contribution in [0.15, 0.2) is 24.3 Å². The van der Waals surface area contributed by atoms with Gasteiger partial charge >= 0.3 is 0 Å². The Morgan fingerprint density at radius 3 is 2.29 bits per heavy atom. The van der Waals surface area contributed by atoms with Crippen molar-refractivity contribution in [3.05, 3.63) is 24.3 Å². The Morgan fingerprint density at radius 1 is 1.00 bits per heavy atom. The fourth-order valence-corrected chi connectivity index (χ4v) is 1.37. The lowest BCUT2D eigenvalue weighted by atomic mass is 10.3. The molecule has 0 fully saturated rings. The van der Waals surface area contributed by atoms with Crippen molar-refractivity contribution in [2.45, 2.75) is 12.8 Å². The Hall–Kier alpha value is -1.26. The molecule has 1 aromatic rings. The second-order valence-electron chi connectivity index (χ2n) is 3.66. The molecule has 17 heavy (non-hydrogen) atoms. The average Bonchev–Trinajstić information content (AvgIpc) is 2.37. The monoisotopic (exact) mass is 239 g/mol. The first kappa shape index (κ1) is 13.8. The molecule has 4 heteroatoms. The lowest BCUT2D eigenvalue weighted by molar-refractivity contribution is 0.184. The van der Waals surface area contributed by atoms with Crippen LogP contribution in [0, 0.1) is 0 Å². The van der Waals surface area contributed by atoms with Gasteiger partial charge in [-0.25, -0.2) is 0 Å². The maximum atomic E-state index is 5.61. The zero-order valence-corrected chi connectivity index (χ0v) is 10.4. The van der Waals surface area contributed by atoms with Gasteiger partial charge in [-0.3, -0.25) is 0 Å². The van der Waals surface area contributed by atoms with Gasteiger partial charge in [-0.2, -0.15) is 0 Å². The van der Waals surface area contributed by atoms with Crippen molar-refractivity contribution in [3.8, 4) is 11.5 Å². The van der Waals surface area contributed by atoms with Crippen molar-refractivity contribution in [2.75, 3.05) is 33.5 Å². The number of unbranched alkanes of at least 4 members (excludes halogenated alkanes) is 1. The minimum Gasteiger partial charge on any atom is -0.493 e. The van der Waals surface area contributed by atoms with Gasteiger partial charge in [0.15, 0.2) is 0 Å². The van der Waals surface area contributed by atoms with E-state index in [-0.39, 0.29) is 0 Å². The summed E-state index contributed by atoms with van der Waals surface area (Å²) in [5.41, 5.74) is 5.37. The van der Waals surface area contributed by atoms with Gasteiger partial charge in [0, 0.05) is 26.3 Å². The molecular weight excluding hydrogens is 218 g/mol. The second-order valence-corrected chi connectivity index (χ2v) is 3.66. The molecule has 0 spiro atoms. The van der Waals surface area contributed by atoms with Crippen LogP contribution in [0.5, 0.6) is 11.5 Å². The van der Waals surface area contributed by atoms with Gasteiger partial charge in [0.05, 0.1) is 6.61 Å². The van der Waals surface area contributed by atoms with Crippen molar-refractivity contribution in [3.63, 3.8) is 0 Å². The summed E-state index contributed by atoms with van der Waals surface area (Å²) in [6, 6.07) is 7.61. The molecule has 0 amide bonds. The molecule has 0 aliphatic rings. The van der Waals surface area contributed by atoms with Gasteiger partial charge in [-0.05, 0) is 25.0 Å². The van der Waals surface area contributed by atoms with Crippen molar-refractivity contribution >= 4 is 0 Å². The van der Waals surface area contributed by atoms with Crippen LogP contribution < -0.4 is 15.2 Å². The van der Waals surface area contributed by atoms with E-state index in [0.29, 0.717) is 19.8 Å². The minimum atomic E-state index is 0.516. The van der Waals surface area contributed by atoms with E-state index < -0.39 is 0 Å². The molecule has 0 atom stereocenters. The van der Waals surface area contributed by atoms with Crippen molar-refractivity contribution in [1.29, 1.82) is 0 Å². The molecule has 0 aliphatic heterocycles. The number of hydrogen-bond donors (Lipinski definition) is 1. The highest BCUT2D eigenvalue weighted by Gasteiger charge is 1.97. The maximum absolute atomic E-state index is 5.61. The Kier molecular flexibility index (Phi) is 7.18. The first-order valence-electron chi connectivity index (χ1n) is 5.91. The van der Waals surface area contributed by atoms with Crippen LogP contribution in [-0.2, 0) is 4.74 Å². The Bertz CT molecular complexity index is 304. The van der Waals surface area contributed by atoms with Crippen molar-refractivity contribution < 1.29 is 14.2 Å². The molecule has 0 bridgehead atoms. The van der Waals surface area contributed by atoms with E-state index in [1.54, 1.807) is 7.11 Å². The summed E-state index contributed by atoms with van der Waals surface area (Å²) in [7, 11) is 1.71. The third-order valence-corrected chi connectivity index (χ3v) is 2.20. The minimum absolute atomic E-state index is 0.516. The summed E-state index contributed by atoms with van der Waals surface area (Å²) in [4.78, 5) is 0. The fourth-order valence-electron chi connectivity index (χ4n) is 1.37. The maximum Gasteiger partial charge on any atom is 0.123 e. The molecule has 1 rings (SSSR count). The summed E-state index contributed by atoms with van der Waals surface area (Å²) in [5, 5.41) is 0. The first-order chi connectivity index (χ1) is 8.36. The normalized spacial score (nSPS) is 10.2. The van der Waals surface area contributed by atoms with Gasteiger partial charge in [-0.1, -0.05) is 6.07 Å². The SMILES string of the molecule is COCCCCOc1cccc(OCCN)c1. The molecule has 0 aromatic heterocycles. The highest BCUT2D eigenvalue weighted by Crippen LogP contribution is 2.19. The van der Waals surface area contributed by atoms with Gasteiger partial charge in [-0.15, -0.1) is 0 Å². The Labute approximate surface area is 103 Å². The quantitative estimate of drug-likeness (QED) is 0.668. The summed E-state index contributed by atoms with van der Waals surface area (Å²) in [5.74, 6) is 1.63. The molecule has 4 nitrogen and oxygen atoms in total. The summed E-state index contributed by atoms with van der Waals surface area (Å²) in [6.07, 6.45) is 2.00. The van der Waals surface area contributed by atoms with E-state index in [1.807, 2.05) is 24.3 Å². The van der Waals surface area contributed by atoms with Crippen molar-refractivity contribution in [2.24, 2.45) is 5.73 Å². The van der Waals surface area contributed by atoms with E-state index in [0.717, 1.165) is 30.9 Å². The van der Waals surface area contributed by atoms with Gasteiger partial charge in [0.25, 0.3) is 0 Å². The van der Waals surface area contributed by atoms with E-state index in [2.05, 4.69) is 0 Å². The number of nitrogens with two attached hydrogens (primary N) is 1. The number of rotatable bonds is 9. The molecule has 0 saturated heterocycles. The summed E-state index contributed by atoms with van der Waals surface area (Å²) in [6.45, 7) is 2.52. The standard InChI is InChI=1S/C13H21NO3/c1-15-8-2-3-9-16-12-5-4-6-13(11-12)17-10-7-14/h4-6,11H,2-3,7-10,14H2,1H3. The predicted octanol–water partition coefficient (Wildman–Crippen LogP) is 1.83.